The number of aliphatic hydroxyl groups excluding tert-OH is 1. The zero-order chi connectivity index (χ0) is 12.0. The van der Waals surface area contributed by atoms with Gasteiger partial charge >= 0.3 is 0 Å². The lowest BCUT2D eigenvalue weighted by molar-refractivity contribution is -0.134. The quantitative estimate of drug-likeness (QED) is 0.588. The van der Waals surface area contributed by atoms with Gasteiger partial charge in [-0.3, -0.25) is 4.79 Å². The minimum Gasteiger partial charge on any atom is -0.392 e. The zero-order valence-electron chi connectivity index (χ0n) is 9.82. The van der Waals surface area contributed by atoms with Gasteiger partial charge in [0.15, 0.2) is 0 Å². The first-order valence-corrected chi connectivity index (χ1v) is 5.72. The van der Waals surface area contributed by atoms with E-state index in [0.717, 1.165) is 0 Å². The Kier molecular flexibility index (Phi) is 2.72. The van der Waals surface area contributed by atoms with Crippen LogP contribution in [0.3, 0.4) is 0 Å². The molecule has 0 aromatic rings. The Balaban J connectivity index is 1.94. The van der Waals surface area contributed by atoms with Gasteiger partial charge in [-0.2, -0.15) is 0 Å². The van der Waals surface area contributed by atoms with E-state index in [1.807, 2.05) is 13.8 Å². The third-order valence-corrected chi connectivity index (χ3v) is 4.03. The van der Waals surface area contributed by atoms with Crippen molar-refractivity contribution in [2.24, 2.45) is 11.1 Å². The van der Waals surface area contributed by atoms with Crippen LogP contribution >= 0.6 is 0 Å². The van der Waals surface area contributed by atoms with Crippen molar-refractivity contribution < 1.29 is 14.6 Å². The molecule has 1 heterocycles. The Labute approximate surface area is 95.3 Å². The molecular formula is C11H20N2O3. The molecule has 0 spiro atoms. The molecule has 1 aliphatic carbocycles. The molecule has 5 nitrogen and oxygen atoms in total. The molecular weight excluding hydrogens is 208 g/mol. The van der Waals surface area contributed by atoms with Crippen molar-refractivity contribution in [3.8, 4) is 0 Å². The molecule has 1 saturated carbocycles. The van der Waals surface area contributed by atoms with Crippen molar-refractivity contribution >= 4 is 5.91 Å². The minimum absolute atomic E-state index is 0.0102. The van der Waals surface area contributed by atoms with E-state index in [1.165, 1.54) is 0 Å². The van der Waals surface area contributed by atoms with Gasteiger partial charge in [0.25, 0.3) is 0 Å². The summed E-state index contributed by atoms with van der Waals surface area (Å²) in [6.45, 7) is 4.72. The van der Waals surface area contributed by atoms with E-state index in [1.54, 1.807) is 0 Å². The third-order valence-electron chi connectivity index (χ3n) is 4.03. The summed E-state index contributed by atoms with van der Waals surface area (Å²) in [6, 6.07) is 0.0102. The second-order valence-electron chi connectivity index (χ2n) is 5.56. The highest BCUT2D eigenvalue weighted by molar-refractivity contribution is 5.87. The van der Waals surface area contributed by atoms with Crippen LogP contribution in [-0.4, -0.2) is 41.9 Å². The summed E-state index contributed by atoms with van der Waals surface area (Å²) in [4.78, 5) is 12.0. The Morgan fingerprint density at radius 1 is 1.56 bits per heavy atom. The number of carbonyl (C=O) groups is 1. The van der Waals surface area contributed by atoms with E-state index in [2.05, 4.69) is 5.32 Å². The van der Waals surface area contributed by atoms with Crippen LogP contribution in [0, 0.1) is 5.41 Å². The van der Waals surface area contributed by atoms with Crippen LogP contribution in [0.1, 0.15) is 26.7 Å². The summed E-state index contributed by atoms with van der Waals surface area (Å²) in [5.41, 5.74) is 4.82. The van der Waals surface area contributed by atoms with Gasteiger partial charge in [0.05, 0.1) is 12.7 Å². The predicted octanol–water partition coefficient (Wildman–Crippen LogP) is -0.620. The predicted molar refractivity (Wildman–Crippen MR) is 58.7 cm³/mol. The summed E-state index contributed by atoms with van der Waals surface area (Å²) >= 11 is 0. The molecule has 1 amide bonds. The van der Waals surface area contributed by atoms with E-state index in [0.29, 0.717) is 19.4 Å². The fraction of sp³-hybridized carbons (Fsp3) is 0.909. The standard InChI is InChI=1S/C11H20N2O3/c1-10(2)7(5-8(10)14)13-9(15)11(12)3-4-16-6-11/h7-8,14H,3-6,12H2,1-2H3,(H,13,15). The molecule has 2 rings (SSSR count). The summed E-state index contributed by atoms with van der Waals surface area (Å²) in [6.07, 6.45) is 0.830. The van der Waals surface area contributed by atoms with Crippen LogP contribution < -0.4 is 11.1 Å². The molecule has 1 aliphatic heterocycles. The third kappa shape index (κ3) is 1.73. The summed E-state index contributed by atoms with van der Waals surface area (Å²) in [7, 11) is 0. The summed E-state index contributed by atoms with van der Waals surface area (Å²) in [5.74, 6) is -0.157. The molecule has 92 valence electrons. The monoisotopic (exact) mass is 228 g/mol. The minimum atomic E-state index is -0.878. The van der Waals surface area contributed by atoms with Crippen LogP contribution in [0.2, 0.25) is 0 Å². The van der Waals surface area contributed by atoms with Crippen molar-refractivity contribution in [2.45, 2.75) is 44.4 Å². The number of nitrogens with one attached hydrogen (secondary N) is 1. The lowest BCUT2D eigenvalue weighted by atomic mass is 9.64. The van der Waals surface area contributed by atoms with Crippen molar-refractivity contribution in [2.75, 3.05) is 13.2 Å². The van der Waals surface area contributed by atoms with Gasteiger partial charge in [-0.1, -0.05) is 13.8 Å². The number of rotatable bonds is 2. The molecule has 2 fully saturated rings. The van der Waals surface area contributed by atoms with Gasteiger partial charge in [0.1, 0.15) is 5.54 Å². The van der Waals surface area contributed by atoms with Gasteiger partial charge in [-0.05, 0) is 12.8 Å². The van der Waals surface area contributed by atoms with Gasteiger partial charge < -0.3 is 20.9 Å². The molecule has 3 atom stereocenters. The van der Waals surface area contributed by atoms with Crippen LogP contribution in [0.5, 0.6) is 0 Å². The van der Waals surface area contributed by atoms with Gasteiger partial charge in [-0.15, -0.1) is 0 Å². The van der Waals surface area contributed by atoms with Crippen molar-refractivity contribution in [3.63, 3.8) is 0 Å². The first kappa shape index (κ1) is 11.8. The number of hydrogen-bond acceptors (Lipinski definition) is 4. The summed E-state index contributed by atoms with van der Waals surface area (Å²) < 4.78 is 5.15. The SMILES string of the molecule is CC1(C)C(O)CC1NC(=O)C1(N)CCOC1. The maximum atomic E-state index is 12.0. The van der Waals surface area contributed by atoms with Crippen LogP contribution in [0.25, 0.3) is 0 Å². The highest BCUT2D eigenvalue weighted by Gasteiger charge is 2.50. The van der Waals surface area contributed by atoms with Crippen molar-refractivity contribution in [1.82, 2.24) is 5.32 Å². The first-order valence-electron chi connectivity index (χ1n) is 5.72. The van der Waals surface area contributed by atoms with Crippen LogP contribution in [-0.2, 0) is 9.53 Å². The second-order valence-corrected chi connectivity index (χ2v) is 5.56. The Bertz CT molecular complexity index is 298. The number of nitrogens with two attached hydrogens (primary N) is 1. The zero-order valence-corrected chi connectivity index (χ0v) is 9.82. The second kappa shape index (κ2) is 3.68. The number of aliphatic hydroxyl groups is 1. The highest BCUT2D eigenvalue weighted by atomic mass is 16.5. The lowest BCUT2D eigenvalue weighted by Crippen LogP contribution is -2.65. The fourth-order valence-electron chi connectivity index (χ4n) is 2.21. The highest BCUT2D eigenvalue weighted by Crippen LogP contribution is 2.40. The van der Waals surface area contributed by atoms with Gasteiger partial charge in [-0.25, -0.2) is 0 Å². The number of carbonyl (C=O) groups excluding carboxylic acids is 1. The molecule has 0 bridgehead atoms. The molecule has 0 radical (unpaired) electrons. The van der Waals surface area contributed by atoms with Crippen molar-refractivity contribution in [1.29, 1.82) is 0 Å². The maximum Gasteiger partial charge on any atom is 0.242 e. The average Bonchev–Trinajstić information content (AvgIpc) is 2.66. The van der Waals surface area contributed by atoms with Crippen molar-refractivity contribution in [3.05, 3.63) is 0 Å². The van der Waals surface area contributed by atoms with Gasteiger partial charge in [0, 0.05) is 18.1 Å². The fourth-order valence-corrected chi connectivity index (χ4v) is 2.21. The number of hydrogen-bond donors (Lipinski definition) is 3. The normalized spacial score (nSPS) is 41.5. The number of ether oxygens (including phenoxy) is 1. The molecule has 5 heteroatoms. The first-order chi connectivity index (χ1) is 7.36. The average molecular weight is 228 g/mol. The largest absolute Gasteiger partial charge is 0.392 e. The van der Waals surface area contributed by atoms with E-state index in [4.69, 9.17) is 10.5 Å². The number of amides is 1. The van der Waals surface area contributed by atoms with E-state index in [-0.39, 0.29) is 30.1 Å². The van der Waals surface area contributed by atoms with Crippen LogP contribution in [0.4, 0.5) is 0 Å². The topological polar surface area (TPSA) is 84.6 Å². The molecule has 3 unspecified atom stereocenters. The Morgan fingerprint density at radius 3 is 2.69 bits per heavy atom. The summed E-state index contributed by atoms with van der Waals surface area (Å²) in [5, 5.41) is 12.5. The van der Waals surface area contributed by atoms with Crippen LogP contribution in [0.15, 0.2) is 0 Å². The molecule has 2 aliphatic rings. The van der Waals surface area contributed by atoms with E-state index < -0.39 is 5.54 Å². The lowest BCUT2D eigenvalue weighted by Gasteiger charge is -2.50. The van der Waals surface area contributed by atoms with E-state index >= 15 is 0 Å². The molecule has 0 aromatic carbocycles. The molecule has 0 aromatic heterocycles. The maximum absolute atomic E-state index is 12.0. The Morgan fingerprint density at radius 2 is 2.25 bits per heavy atom. The van der Waals surface area contributed by atoms with E-state index in [9.17, 15) is 9.90 Å². The smallest absolute Gasteiger partial charge is 0.242 e. The molecule has 4 N–H and O–H groups in total. The molecule has 16 heavy (non-hydrogen) atoms. The molecule has 1 saturated heterocycles. The Hall–Kier alpha value is -0.650. The van der Waals surface area contributed by atoms with Gasteiger partial charge in [0.2, 0.25) is 5.91 Å².